The molecular formula is C48H39N3. The zero-order valence-corrected chi connectivity index (χ0v) is 29.5. The smallest absolute Gasteiger partial charge is 0.160 e. The summed E-state index contributed by atoms with van der Waals surface area (Å²) in [6.07, 6.45) is 2.38. The summed E-state index contributed by atoms with van der Waals surface area (Å²) in [5.41, 5.74) is 10.8. The van der Waals surface area contributed by atoms with Crippen molar-refractivity contribution in [2.75, 3.05) is 0 Å². The molecule has 246 valence electrons. The fourth-order valence-corrected chi connectivity index (χ4v) is 8.68. The molecule has 1 aliphatic rings. The van der Waals surface area contributed by atoms with Gasteiger partial charge in [-0.25, -0.2) is 9.97 Å². The SMILES string of the molecule is CC1(C)CCC(C)(C)c2cc3c(cc21)c1ccccc1n3-c1cccc(-c2nc(-c3ccc4c(ccc5ccccc54)c3)c3ccccc3n2)c1. The van der Waals surface area contributed by atoms with Crippen molar-refractivity contribution in [1.29, 1.82) is 0 Å². The minimum Gasteiger partial charge on any atom is -0.309 e. The molecule has 51 heavy (non-hydrogen) atoms. The highest BCUT2D eigenvalue weighted by molar-refractivity contribution is 6.11. The normalized spacial score (nSPS) is 15.2. The van der Waals surface area contributed by atoms with Gasteiger partial charge in [0.2, 0.25) is 0 Å². The lowest BCUT2D eigenvalue weighted by Crippen LogP contribution is -2.33. The van der Waals surface area contributed by atoms with Crippen LogP contribution in [0.1, 0.15) is 51.7 Å². The Balaban J connectivity index is 1.16. The summed E-state index contributed by atoms with van der Waals surface area (Å²) in [5, 5.41) is 8.63. The molecule has 0 fully saturated rings. The average molecular weight is 658 g/mol. The van der Waals surface area contributed by atoms with Gasteiger partial charge in [-0.3, -0.25) is 0 Å². The lowest BCUT2D eigenvalue weighted by Gasteiger charge is -2.42. The Morgan fingerprint density at radius 2 is 1.16 bits per heavy atom. The van der Waals surface area contributed by atoms with Gasteiger partial charge < -0.3 is 4.57 Å². The number of aromatic nitrogens is 3. The summed E-state index contributed by atoms with van der Waals surface area (Å²) in [5.74, 6) is 0.727. The molecule has 0 radical (unpaired) electrons. The second kappa shape index (κ2) is 10.8. The molecule has 0 spiro atoms. The van der Waals surface area contributed by atoms with Crippen molar-refractivity contribution in [3.63, 3.8) is 0 Å². The van der Waals surface area contributed by atoms with Crippen molar-refractivity contribution in [3.05, 3.63) is 151 Å². The van der Waals surface area contributed by atoms with Crippen LogP contribution in [0.4, 0.5) is 0 Å². The van der Waals surface area contributed by atoms with Crippen LogP contribution in [0.25, 0.3) is 82.6 Å². The minimum absolute atomic E-state index is 0.118. The van der Waals surface area contributed by atoms with Gasteiger partial charge >= 0.3 is 0 Å². The third kappa shape index (κ3) is 4.64. The number of hydrogen-bond donors (Lipinski definition) is 0. The predicted octanol–water partition coefficient (Wildman–Crippen LogP) is 12.7. The molecule has 0 aliphatic heterocycles. The van der Waals surface area contributed by atoms with Gasteiger partial charge in [-0.1, -0.05) is 125 Å². The summed E-state index contributed by atoms with van der Waals surface area (Å²) in [7, 11) is 0. The number of hydrogen-bond acceptors (Lipinski definition) is 2. The molecule has 3 heteroatoms. The molecule has 0 atom stereocenters. The predicted molar refractivity (Wildman–Crippen MR) is 215 cm³/mol. The molecule has 0 saturated heterocycles. The molecule has 2 aromatic heterocycles. The number of benzene rings is 7. The van der Waals surface area contributed by atoms with E-state index in [0.29, 0.717) is 0 Å². The van der Waals surface area contributed by atoms with Crippen LogP contribution >= 0.6 is 0 Å². The molecule has 9 aromatic rings. The molecule has 1 aliphatic carbocycles. The molecule has 0 saturated carbocycles. The Labute approximate surface area is 298 Å². The molecule has 0 bridgehead atoms. The van der Waals surface area contributed by atoms with Gasteiger partial charge in [0.05, 0.1) is 22.2 Å². The van der Waals surface area contributed by atoms with E-state index >= 15 is 0 Å². The summed E-state index contributed by atoms with van der Waals surface area (Å²) < 4.78 is 2.45. The third-order valence-corrected chi connectivity index (χ3v) is 11.6. The summed E-state index contributed by atoms with van der Waals surface area (Å²) in [6.45, 7) is 9.64. The number of para-hydroxylation sites is 2. The maximum Gasteiger partial charge on any atom is 0.160 e. The Hall–Kier alpha value is -5.80. The number of rotatable bonds is 3. The van der Waals surface area contributed by atoms with Gasteiger partial charge in [0, 0.05) is 33.0 Å². The minimum atomic E-state index is 0.118. The van der Waals surface area contributed by atoms with E-state index in [1.807, 2.05) is 0 Å². The van der Waals surface area contributed by atoms with Crippen LogP contribution in [0.5, 0.6) is 0 Å². The van der Waals surface area contributed by atoms with E-state index in [9.17, 15) is 0 Å². The molecular weight excluding hydrogens is 619 g/mol. The number of nitrogens with zero attached hydrogens (tertiary/aromatic N) is 3. The Morgan fingerprint density at radius 1 is 0.471 bits per heavy atom. The van der Waals surface area contributed by atoms with Crippen LogP contribution < -0.4 is 0 Å². The quantitative estimate of drug-likeness (QED) is 0.177. The standard InChI is InChI=1S/C48H39N3/c1-47(2)24-25-48(3,4)41-29-44-39(28-40(41)47)37-16-8-10-19-43(37)51(44)34-14-11-13-33(27-34)46-49-42-18-9-7-17-38(42)45(50-46)32-22-23-36-31(26-32)21-20-30-12-5-6-15-35(30)36/h5-23,26-29H,24-25H2,1-4H3. The van der Waals surface area contributed by atoms with Crippen molar-refractivity contribution < 1.29 is 0 Å². The van der Waals surface area contributed by atoms with Gasteiger partial charge in [-0.2, -0.15) is 0 Å². The molecule has 10 rings (SSSR count). The highest BCUT2D eigenvalue weighted by atomic mass is 15.0. The Morgan fingerprint density at radius 3 is 2.00 bits per heavy atom. The topological polar surface area (TPSA) is 30.7 Å². The first kappa shape index (κ1) is 30.1. The third-order valence-electron chi connectivity index (χ3n) is 11.6. The Kier molecular flexibility index (Phi) is 6.39. The van der Waals surface area contributed by atoms with E-state index in [4.69, 9.17) is 9.97 Å². The van der Waals surface area contributed by atoms with Crippen molar-refractivity contribution >= 4 is 54.3 Å². The van der Waals surface area contributed by atoms with E-state index < -0.39 is 0 Å². The van der Waals surface area contributed by atoms with Crippen molar-refractivity contribution in [2.24, 2.45) is 0 Å². The first-order chi connectivity index (χ1) is 24.7. The fraction of sp³-hybridized carbons (Fsp3) is 0.167. The van der Waals surface area contributed by atoms with E-state index in [1.165, 1.54) is 67.3 Å². The van der Waals surface area contributed by atoms with Crippen LogP contribution in [0.15, 0.2) is 140 Å². The molecule has 0 amide bonds. The molecule has 0 unspecified atom stereocenters. The zero-order chi connectivity index (χ0) is 34.5. The average Bonchev–Trinajstić information content (AvgIpc) is 3.49. The van der Waals surface area contributed by atoms with Gasteiger partial charge in [0.15, 0.2) is 5.82 Å². The lowest BCUT2D eigenvalue weighted by molar-refractivity contribution is 0.332. The highest BCUT2D eigenvalue weighted by Crippen LogP contribution is 2.48. The largest absolute Gasteiger partial charge is 0.309 e. The van der Waals surface area contributed by atoms with Crippen LogP contribution in [0.3, 0.4) is 0 Å². The molecule has 7 aromatic carbocycles. The van der Waals surface area contributed by atoms with E-state index in [-0.39, 0.29) is 10.8 Å². The Bertz CT molecular complexity index is 2870. The highest BCUT2D eigenvalue weighted by Gasteiger charge is 2.37. The van der Waals surface area contributed by atoms with Crippen LogP contribution in [-0.2, 0) is 10.8 Å². The first-order valence-corrected chi connectivity index (χ1v) is 18.1. The van der Waals surface area contributed by atoms with E-state index in [1.54, 1.807) is 0 Å². The number of fused-ring (bicyclic) bond motifs is 8. The van der Waals surface area contributed by atoms with Crippen molar-refractivity contribution in [1.82, 2.24) is 14.5 Å². The van der Waals surface area contributed by atoms with Crippen molar-refractivity contribution in [2.45, 2.75) is 51.4 Å². The lowest BCUT2D eigenvalue weighted by atomic mass is 9.63. The van der Waals surface area contributed by atoms with Gasteiger partial charge in [-0.15, -0.1) is 0 Å². The summed E-state index contributed by atoms with van der Waals surface area (Å²) in [6, 6.07) is 50.8. The van der Waals surface area contributed by atoms with Crippen LogP contribution in [-0.4, -0.2) is 14.5 Å². The van der Waals surface area contributed by atoms with Crippen LogP contribution in [0, 0.1) is 0 Å². The zero-order valence-electron chi connectivity index (χ0n) is 29.5. The molecule has 3 nitrogen and oxygen atoms in total. The van der Waals surface area contributed by atoms with E-state index in [2.05, 4.69) is 172 Å². The van der Waals surface area contributed by atoms with Crippen molar-refractivity contribution in [3.8, 4) is 28.3 Å². The van der Waals surface area contributed by atoms with E-state index in [0.717, 1.165) is 39.2 Å². The second-order valence-electron chi connectivity index (χ2n) is 15.7. The maximum absolute atomic E-state index is 5.33. The first-order valence-electron chi connectivity index (χ1n) is 18.1. The maximum atomic E-state index is 5.33. The molecule has 2 heterocycles. The van der Waals surface area contributed by atoms with Gasteiger partial charge in [0.25, 0.3) is 0 Å². The molecule has 0 N–H and O–H groups in total. The summed E-state index contributed by atoms with van der Waals surface area (Å²) in [4.78, 5) is 10.5. The van der Waals surface area contributed by atoms with Gasteiger partial charge in [0.1, 0.15) is 0 Å². The van der Waals surface area contributed by atoms with Gasteiger partial charge in [-0.05, 0) is 98.8 Å². The summed E-state index contributed by atoms with van der Waals surface area (Å²) >= 11 is 0. The van der Waals surface area contributed by atoms with Crippen LogP contribution in [0.2, 0.25) is 0 Å². The second-order valence-corrected chi connectivity index (χ2v) is 15.7. The fourth-order valence-electron chi connectivity index (χ4n) is 8.68. The monoisotopic (exact) mass is 657 g/mol.